The average molecular weight is 396 g/mol. The first-order chi connectivity index (χ1) is 13.6. The van der Waals surface area contributed by atoms with Crippen molar-refractivity contribution < 1.29 is 9.53 Å². The van der Waals surface area contributed by atoms with Crippen molar-refractivity contribution >= 4 is 29.1 Å². The van der Waals surface area contributed by atoms with E-state index >= 15 is 0 Å². The number of allylic oxidation sites excluding steroid dienone is 1. The fourth-order valence-corrected chi connectivity index (χ4v) is 3.42. The van der Waals surface area contributed by atoms with Crippen LogP contribution >= 0.6 is 11.6 Å². The van der Waals surface area contributed by atoms with E-state index in [-0.39, 0.29) is 5.91 Å². The number of halogens is 1. The Morgan fingerprint density at radius 1 is 1.21 bits per heavy atom. The normalized spacial score (nSPS) is 15.6. The molecule has 4 rings (SSSR count). The quantitative estimate of drug-likeness (QED) is 0.700. The Bertz CT molecular complexity index is 1060. The van der Waals surface area contributed by atoms with Crippen molar-refractivity contribution in [2.24, 2.45) is 0 Å². The van der Waals surface area contributed by atoms with Crippen LogP contribution in [0.3, 0.4) is 0 Å². The number of hydrogen-bond donors (Lipinski definition) is 2. The van der Waals surface area contributed by atoms with Crippen LogP contribution < -0.4 is 15.4 Å². The molecule has 0 aliphatic carbocycles. The lowest BCUT2D eigenvalue weighted by atomic mass is 9.94. The molecule has 7 nitrogen and oxygen atoms in total. The van der Waals surface area contributed by atoms with Crippen LogP contribution in [0, 0.1) is 0 Å². The number of anilines is 2. The Hall–Kier alpha value is -3.32. The van der Waals surface area contributed by atoms with Crippen LogP contribution in [0.25, 0.3) is 0 Å². The molecule has 1 amide bonds. The highest BCUT2D eigenvalue weighted by atomic mass is 35.5. The van der Waals surface area contributed by atoms with Gasteiger partial charge in [-0.05, 0) is 37.3 Å². The van der Waals surface area contributed by atoms with E-state index in [0.717, 1.165) is 5.56 Å². The van der Waals surface area contributed by atoms with Gasteiger partial charge in [0.25, 0.3) is 5.91 Å². The van der Waals surface area contributed by atoms with E-state index in [1.807, 2.05) is 31.2 Å². The maximum Gasteiger partial charge on any atom is 0.255 e. The number of aromatic nitrogens is 3. The summed E-state index contributed by atoms with van der Waals surface area (Å²) in [6.45, 7) is 1.84. The summed E-state index contributed by atoms with van der Waals surface area (Å²) in [5, 5.41) is 11.0. The molecule has 0 saturated carbocycles. The van der Waals surface area contributed by atoms with Crippen LogP contribution in [-0.4, -0.2) is 27.8 Å². The molecule has 0 saturated heterocycles. The van der Waals surface area contributed by atoms with Gasteiger partial charge in [0.15, 0.2) is 0 Å². The number of para-hydroxylation sites is 1. The van der Waals surface area contributed by atoms with Gasteiger partial charge in [-0.2, -0.15) is 10.1 Å². The predicted octanol–water partition coefficient (Wildman–Crippen LogP) is 3.87. The summed E-state index contributed by atoms with van der Waals surface area (Å²) in [6, 6.07) is 14.0. The molecule has 1 atom stereocenters. The molecule has 2 aromatic carbocycles. The molecule has 1 aliphatic heterocycles. The molecule has 0 radical (unpaired) electrons. The van der Waals surface area contributed by atoms with Gasteiger partial charge in [-0.3, -0.25) is 4.79 Å². The van der Waals surface area contributed by atoms with E-state index in [4.69, 9.17) is 16.3 Å². The SMILES string of the molecule is COc1ccccc1[C@H]1C(C(=O)Nc2ccc(Cl)cc2)=C(C)Nc2ncnn21. The summed E-state index contributed by atoms with van der Waals surface area (Å²) in [7, 11) is 1.60. The van der Waals surface area contributed by atoms with Crippen molar-refractivity contribution in [2.75, 3.05) is 17.7 Å². The van der Waals surface area contributed by atoms with E-state index in [0.29, 0.717) is 33.7 Å². The molecule has 8 heteroatoms. The Morgan fingerprint density at radius 3 is 2.71 bits per heavy atom. The summed E-state index contributed by atoms with van der Waals surface area (Å²) < 4.78 is 7.22. The highest BCUT2D eigenvalue weighted by molar-refractivity contribution is 6.30. The number of methoxy groups -OCH3 is 1. The smallest absolute Gasteiger partial charge is 0.255 e. The zero-order valence-electron chi connectivity index (χ0n) is 15.3. The van der Waals surface area contributed by atoms with Crippen molar-refractivity contribution in [3.8, 4) is 5.75 Å². The molecule has 0 bridgehead atoms. The zero-order chi connectivity index (χ0) is 19.7. The lowest BCUT2D eigenvalue weighted by Gasteiger charge is -2.29. The largest absolute Gasteiger partial charge is 0.496 e. The maximum atomic E-state index is 13.2. The van der Waals surface area contributed by atoms with Gasteiger partial charge in [0.2, 0.25) is 5.95 Å². The summed E-state index contributed by atoms with van der Waals surface area (Å²) in [4.78, 5) is 17.5. The maximum absolute atomic E-state index is 13.2. The van der Waals surface area contributed by atoms with Crippen molar-refractivity contribution in [1.29, 1.82) is 0 Å². The van der Waals surface area contributed by atoms with Crippen LogP contribution in [0.4, 0.5) is 11.6 Å². The number of benzene rings is 2. The minimum Gasteiger partial charge on any atom is -0.496 e. The van der Waals surface area contributed by atoms with Gasteiger partial charge in [-0.15, -0.1) is 0 Å². The second-order valence-electron chi connectivity index (χ2n) is 6.30. The molecule has 0 spiro atoms. The number of nitrogens with zero attached hydrogens (tertiary/aromatic N) is 3. The van der Waals surface area contributed by atoms with Crippen LogP contribution in [0.15, 0.2) is 66.1 Å². The van der Waals surface area contributed by atoms with Crippen LogP contribution in [0.1, 0.15) is 18.5 Å². The molecule has 1 aliphatic rings. The molecular weight excluding hydrogens is 378 g/mol. The second-order valence-corrected chi connectivity index (χ2v) is 6.73. The van der Waals surface area contributed by atoms with Crippen LogP contribution in [-0.2, 0) is 4.79 Å². The summed E-state index contributed by atoms with van der Waals surface area (Å²) in [5.74, 6) is 0.987. The number of rotatable bonds is 4. The Labute approximate surface area is 167 Å². The van der Waals surface area contributed by atoms with Crippen molar-refractivity contribution in [3.63, 3.8) is 0 Å². The van der Waals surface area contributed by atoms with E-state index in [1.54, 1.807) is 36.1 Å². The van der Waals surface area contributed by atoms with Gasteiger partial charge in [-0.25, -0.2) is 4.68 Å². The monoisotopic (exact) mass is 395 g/mol. The lowest BCUT2D eigenvalue weighted by Crippen LogP contribution is -2.31. The highest BCUT2D eigenvalue weighted by Gasteiger charge is 2.35. The van der Waals surface area contributed by atoms with E-state index in [9.17, 15) is 4.79 Å². The molecule has 1 aromatic heterocycles. The third kappa shape index (κ3) is 3.20. The van der Waals surface area contributed by atoms with E-state index < -0.39 is 6.04 Å². The Morgan fingerprint density at radius 2 is 1.96 bits per heavy atom. The van der Waals surface area contributed by atoms with Gasteiger partial charge in [0, 0.05) is 22.0 Å². The van der Waals surface area contributed by atoms with Gasteiger partial charge in [0.1, 0.15) is 18.1 Å². The third-order valence-corrected chi connectivity index (χ3v) is 4.83. The average Bonchev–Trinajstić information content (AvgIpc) is 3.16. The fourth-order valence-electron chi connectivity index (χ4n) is 3.30. The first-order valence-corrected chi connectivity index (χ1v) is 9.03. The number of nitrogens with one attached hydrogen (secondary N) is 2. The molecular formula is C20H18ClN5O2. The number of ether oxygens (including phenoxy) is 1. The number of amides is 1. The summed E-state index contributed by atoms with van der Waals surface area (Å²) in [5.41, 5.74) is 2.69. The summed E-state index contributed by atoms with van der Waals surface area (Å²) >= 11 is 5.94. The Kier molecular flexibility index (Phi) is 4.75. The molecule has 28 heavy (non-hydrogen) atoms. The predicted molar refractivity (Wildman–Crippen MR) is 108 cm³/mol. The minimum absolute atomic E-state index is 0.246. The molecule has 0 unspecified atom stereocenters. The highest BCUT2D eigenvalue weighted by Crippen LogP contribution is 2.38. The minimum atomic E-state index is -0.484. The van der Waals surface area contributed by atoms with E-state index in [2.05, 4.69) is 20.7 Å². The fraction of sp³-hybridized carbons (Fsp3) is 0.150. The van der Waals surface area contributed by atoms with Gasteiger partial charge in [-0.1, -0.05) is 29.8 Å². The van der Waals surface area contributed by atoms with Crippen molar-refractivity contribution in [3.05, 3.63) is 76.7 Å². The standard InChI is InChI=1S/C20H18ClN5O2/c1-12-17(19(27)25-14-9-7-13(21)8-10-14)18(26-20(24-12)22-11-23-26)15-5-3-4-6-16(15)28-2/h3-11,18H,1-2H3,(H,25,27)(H,22,23,24)/t18-/m0/s1. The Balaban J connectivity index is 1.78. The van der Waals surface area contributed by atoms with Gasteiger partial charge in [0.05, 0.1) is 12.7 Å². The number of fused-ring (bicyclic) bond motifs is 1. The van der Waals surface area contributed by atoms with Gasteiger partial charge < -0.3 is 15.4 Å². The van der Waals surface area contributed by atoms with Crippen molar-refractivity contribution in [1.82, 2.24) is 14.8 Å². The zero-order valence-corrected chi connectivity index (χ0v) is 16.1. The number of carbonyl (C=O) groups is 1. The van der Waals surface area contributed by atoms with E-state index in [1.165, 1.54) is 6.33 Å². The molecule has 0 fully saturated rings. The third-order valence-electron chi connectivity index (χ3n) is 4.57. The number of carbonyl (C=O) groups excluding carboxylic acids is 1. The molecule has 3 aromatic rings. The molecule has 142 valence electrons. The van der Waals surface area contributed by atoms with Gasteiger partial charge >= 0.3 is 0 Å². The van der Waals surface area contributed by atoms with Crippen molar-refractivity contribution in [2.45, 2.75) is 13.0 Å². The van der Waals surface area contributed by atoms with Crippen LogP contribution in [0.5, 0.6) is 5.75 Å². The summed E-state index contributed by atoms with van der Waals surface area (Å²) in [6.07, 6.45) is 1.46. The second kappa shape index (κ2) is 7.36. The molecule has 2 N–H and O–H groups in total. The first-order valence-electron chi connectivity index (χ1n) is 8.65. The topological polar surface area (TPSA) is 81.1 Å². The number of hydrogen-bond acceptors (Lipinski definition) is 5. The molecule has 2 heterocycles. The lowest BCUT2D eigenvalue weighted by molar-refractivity contribution is -0.113. The first kappa shape index (κ1) is 18.1. The van der Waals surface area contributed by atoms with Crippen LogP contribution in [0.2, 0.25) is 5.02 Å².